The van der Waals surface area contributed by atoms with E-state index in [9.17, 15) is 9.59 Å². The highest BCUT2D eigenvalue weighted by Gasteiger charge is 2.37. The van der Waals surface area contributed by atoms with E-state index in [4.69, 9.17) is 0 Å². The number of nitrogens with zero attached hydrogens (tertiary/aromatic N) is 1. The molecule has 0 atom stereocenters. The fourth-order valence-corrected chi connectivity index (χ4v) is 1.80. The van der Waals surface area contributed by atoms with Gasteiger partial charge >= 0.3 is 6.03 Å². The zero-order chi connectivity index (χ0) is 11.8. The van der Waals surface area contributed by atoms with E-state index in [2.05, 4.69) is 5.32 Å². The maximum Gasteiger partial charge on any atom is 0.329 e. The number of imide groups is 1. The summed E-state index contributed by atoms with van der Waals surface area (Å²) in [4.78, 5) is 24.9. The van der Waals surface area contributed by atoms with Crippen LogP contribution in [0.5, 0.6) is 0 Å². The van der Waals surface area contributed by atoms with Gasteiger partial charge in [0.1, 0.15) is 0 Å². The standard InChI is InChI=1S/C12H14N2O2/c1-12(2)8-10(15)14(11(16)13-12)9-6-4-3-5-7-9/h3-7H,8H2,1-2H3,(H,13,16). The molecular formula is C12H14N2O2. The average Bonchev–Trinajstić information content (AvgIpc) is 2.16. The molecule has 1 saturated heterocycles. The second kappa shape index (κ2) is 3.63. The summed E-state index contributed by atoms with van der Waals surface area (Å²) < 4.78 is 0. The van der Waals surface area contributed by atoms with Gasteiger partial charge in [0.15, 0.2) is 0 Å². The first-order valence-corrected chi connectivity index (χ1v) is 5.20. The first-order chi connectivity index (χ1) is 7.49. The Morgan fingerprint density at radius 3 is 2.38 bits per heavy atom. The van der Waals surface area contributed by atoms with E-state index in [0.717, 1.165) is 0 Å². The lowest BCUT2D eigenvalue weighted by molar-refractivity contribution is -0.119. The SMILES string of the molecule is CC1(C)CC(=O)N(c2ccccc2)C(=O)N1. The van der Waals surface area contributed by atoms with Crippen LogP contribution >= 0.6 is 0 Å². The fourth-order valence-electron chi connectivity index (χ4n) is 1.80. The highest BCUT2D eigenvalue weighted by molar-refractivity contribution is 6.16. The maximum absolute atomic E-state index is 11.9. The Kier molecular flexibility index (Phi) is 2.42. The van der Waals surface area contributed by atoms with Crippen molar-refractivity contribution >= 4 is 17.6 Å². The minimum Gasteiger partial charge on any atom is -0.332 e. The van der Waals surface area contributed by atoms with Crippen molar-refractivity contribution in [2.24, 2.45) is 0 Å². The lowest BCUT2D eigenvalue weighted by atomic mass is 9.97. The molecule has 0 saturated carbocycles. The van der Waals surface area contributed by atoms with Crippen molar-refractivity contribution in [1.82, 2.24) is 5.32 Å². The first kappa shape index (κ1) is 10.7. The topological polar surface area (TPSA) is 49.4 Å². The molecule has 4 heteroatoms. The molecule has 0 aromatic heterocycles. The van der Waals surface area contributed by atoms with Crippen LogP contribution in [0.4, 0.5) is 10.5 Å². The molecule has 0 radical (unpaired) electrons. The molecule has 0 unspecified atom stereocenters. The van der Waals surface area contributed by atoms with Crippen LogP contribution in [0.1, 0.15) is 20.3 Å². The van der Waals surface area contributed by atoms with Crippen LogP contribution in [0.25, 0.3) is 0 Å². The van der Waals surface area contributed by atoms with Crippen LogP contribution < -0.4 is 10.2 Å². The molecule has 1 aromatic carbocycles. The largest absolute Gasteiger partial charge is 0.332 e. The van der Waals surface area contributed by atoms with Crippen molar-refractivity contribution in [2.75, 3.05) is 4.90 Å². The Hall–Kier alpha value is -1.84. The van der Waals surface area contributed by atoms with E-state index >= 15 is 0 Å². The number of carbonyl (C=O) groups is 2. The first-order valence-electron chi connectivity index (χ1n) is 5.20. The van der Waals surface area contributed by atoms with Gasteiger partial charge in [0.05, 0.1) is 12.1 Å². The molecule has 0 bridgehead atoms. The minimum atomic E-state index is -0.459. The molecule has 1 N–H and O–H groups in total. The molecule has 2 rings (SSSR count). The number of anilines is 1. The average molecular weight is 218 g/mol. The van der Waals surface area contributed by atoms with Crippen LogP contribution in [0.15, 0.2) is 30.3 Å². The van der Waals surface area contributed by atoms with E-state index in [1.165, 1.54) is 4.90 Å². The molecule has 4 nitrogen and oxygen atoms in total. The molecule has 3 amide bonds. The molecule has 0 aliphatic carbocycles. The summed E-state index contributed by atoms with van der Waals surface area (Å²) in [7, 11) is 0. The maximum atomic E-state index is 11.9. The van der Waals surface area contributed by atoms with Gasteiger partial charge in [0.25, 0.3) is 0 Å². The smallest absolute Gasteiger partial charge is 0.329 e. The van der Waals surface area contributed by atoms with Crippen molar-refractivity contribution in [1.29, 1.82) is 0 Å². The fraction of sp³-hybridized carbons (Fsp3) is 0.333. The van der Waals surface area contributed by atoms with Crippen molar-refractivity contribution in [3.8, 4) is 0 Å². The summed E-state index contributed by atoms with van der Waals surface area (Å²) in [6, 6.07) is 8.59. The molecule has 1 aliphatic heterocycles. The van der Waals surface area contributed by atoms with Gasteiger partial charge in [0, 0.05) is 5.54 Å². The molecule has 16 heavy (non-hydrogen) atoms. The van der Waals surface area contributed by atoms with Crippen LogP contribution in [0.2, 0.25) is 0 Å². The number of hydrogen-bond donors (Lipinski definition) is 1. The van der Waals surface area contributed by atoms with Gasteiger partial charge in [-0.15, -0.1) is 0 Å². The second-order valence-electron chi connectivity index (χ2n) is 4.56. The second-order valence-corrected chi connectivity index (χ2v) is 4.56. The summed E-state index contributed by atoms with van der Waals surface area (Å²) in [5.41, 5.74) is 0.153. The predicted molar refractivity (Wildman–Crippen MR) is 61.2 cm³/mol. The molecule has 1 heterocycles. The summed E-state index contributed by atoms with van der Waals surface area (Å²) in [6.07, 6.45) is 0.313. The van der Waals surface area contributed by atoms with Crippen LogP contribution in [0.3, 0.4) is 0 Å². The Morgan fingerprint density at radius 2 is 1.81 bits per heavy atom. The number of carbonyl (C=O) groups excluding carboxylic acids is 2. The number of nitrogens with one attached hydrogen (secondary N) is 1. The Labute approximate surface area is 94.2 Å². The van der Waals surface area contributed by atoms with Gasteiger partial charge in [-0.1, -0.05) is 18.2 Å². The number of amides is 3. The molecule has 84 valence electrons. The molecule has 1 fully saturated rings. The normalized spacial score (nSPS) is 19.5. The third-order valence-corrected chi connectivity index (χ3v) is 2.51. The van der Waals surface area contributed by atoms with Gasteiger partial charge < -0.3 is 5.32 Å². The zero-order valence-corrected chi connectivity index (χ0v) is 9.36. The number of hydrogen-bond acceptors (Lipinski definition) is 2. The van der Waals surface area contributed by atoms with E-state index in [1.54, 1.807) is 24.3 Å². The lowest BCUT2D eigenvalue weighted by Crippen LogP contribution is -2.59. The van der Waals surface area contributed by atoms with Crippen LogP contribution in [-0.4, -0.2) is 17.5 Å². The Morgan fingerprint density at radius 1 is 1.19 bits per heavy atom. The van der Waals surface area contributed by atoms with Crippen molar-refractivity contribution in [3.05, 3.63) is 30.3 Å². The van der Waals surface area contributed by atoms with E-state index in [1.807, 2.05) is 19.9 Å². The number of para-hydroxylation sites is 1. The number of rotatable bonds is 1. The lowest BCUT2D eigenvalue weighted by Gasteiger charge is -2.36. The molecule has 0 spiro atoms. The third-order valence-electron chi connectivity index (χ3n) is 2.51. The molecule has 1 aromatic rings. The van der Waals surface area contributed by atoms with Gasteiger partial charge in [0.2, 0.25) is 5.91 Å². The molecular weight excluding hydrogens is 204 g/mol. The van der Waals surface area contributed by atoms with E-state index in [-0.39, 0.29) is 11.9 Å². The summed E-state index contributed by atoms with van der Waals surface area (Å²) in [5, 5.41) is 2.80. The van der Waals surface area contributed by atoms with Gasteiger partial charge in [-0.05, 0) is 26.0 Å². The Balaban J connectivity index is 2.31. The minimum absolute atomic E-state index is 0.167. The van der Waals surface area contributed by atoms with Crippen molar-refractivity contribution < 1.29 is 9.59 Å². The number of urea groups is 1. The summed E-state index contributed by atoms with van der Waals surface area (Å²) in [6.45, 7) is 3.68. The van der Waals surface area contributed by atoms with Crippen molar-refractivity contribution in [3.63, 3.8) is 0 Å². The Bertz CT molecular complexity index is 406. The summed E-state index contributed by atoms with van der Waals surface area (Å²) in [5.74, 6) is -0.167. The van der Waals surface area contributed by atoms with Crippen LogP contribution in [0, 0.1) is 0 Å². The summed E-state index contributed by atoms with van der Waals surface area (Å²) >= 11 is 0. The molecule has 1 aliphatic rings. The van der Waals surface area contributed by atoms with Gasteiger partial charge in [-0.25, -0.2) is 9.69 Å². The number of benzene rings is 1. The monoisotopic (exact) mass is 218 g/mol. The van der Waals surface area contributed by atoms with E-state index < -0.39 is 5.54 Å². The third kappa shape index (κ3) is 1.91. The quantitative estimate of drug-likeness (QED) is 0.782. The zero-order valence-electron chi connectivity index (χ0n) is 9.36. The van der Waals surface area contributed by atoms with Gasteiger partial charge in [-0.3, -0.25) is 4.79 Å². The van der Waals surface area contributed by atoms with E-state index in [0.29, 0.717) is 12.1 Å². The highest BCUT2D eigenvalue weighted by Crippen LogP contribution is 2.22. The van der Waals surface area contributed by atoms with Crippen LogP contribution in [-0.2, 0) is 4.79 Å². The highest BCUT2D eigenvalue weighted by atomic mass is 16.2. The van der Waals surface area contributed by atoms with Crippen molar-refractivity contribution in [2.45, 2.75) is 25.8 Å². The predicted octanol–water partition coefficient (Wildman–Crippen LogP) is 1.91. The van der Waals surface area contributed by atoms with Gasteiger partial charge in [-0.2, -0.15) is 0 Å².